The molecule has 2 aliphatic heterocycles. The zero-order chi connectivity index (χ0) is 29.5. The van der Waals surface area contributed by atoms with E-state index in [-0.39, 0.29) is 34.7 Å². The Bertz CT molecular complexity index is 1710. The molecular weight excluding hydrogens is 559 g/mol. The molecule has 0 aromatic heterocycles. The number of imide groups is 2. The highest BCUT2D eigenvalue weighted by molar-refractivity contribution is 6.32. The molecule has 4 aliphatic rings. The van der Waals surface area contributed by atoms with E-state index < -0.39 is 52.6 Å². The first-order valence-electron chi connectivity index (χ1n) is 13.9. The van der Waals surface area contributed by atoms with Crippen molar-refractivity contribution in [1.29, 1.82) is 0 Å². The fourth-order valence-electron chi connectivity index (χ4n) is 7.76. The summed E-state index contributed by atoms with van der Waals surface area (Å²) in [5.74, 6) is -5.22. The van der Waals surface area contributed by atoms with Gasteiger partial charge < -0.3 is 5.11 Å². The summed E-state index contributed by atoms with van der Waals surface area (Å²) in [5, 5.41) is 9.81. The molecule has 1 saturated carbocycles. The lowest BCUT2D eigenvalue weighted by atomic mass is 9.51. The predicted octanol–water partition coefficient (Wildman–Crippen LogP) is 5.62. The molecule has 4 amide bonds. The van der Waals surface area contributed by atoms with Crippen molar-refractivity contribution in [2.45, 2.75) is 25.7 Å². The fraction of sp³-hybridized carbons (Fsp3) is 0.273. The Morgan fingerprint density at radius 2 is 1.57 bits per heavy atom. The lowest BCUT2D eigenvalue weighted by molar-refractivity contribution is -0.131. The lowest BCUT2D eigenvalue weighted by Gasteiger charge is -2.49. The molecule has 212 valence electrons. The Hall–Kier alpha value is -4.30. The minimum Gasteiger partial charge on any atom is -0.508 e. The molecule has 9 heteroatoms. The predicted molar refractivity (Wildman–Crippen MR) is 153 cm³/mol. The Morgan fingerprint density at radius 3 is 2.26 bits per heavy atom. The van der Waals surface area contributed by atoms with Crippen LogP contribution in [0, 0.1) is 34.9 Å². The molecule has 2 aliphatic carbocycles. The summed E-state index contributed by atoms with van der Waals surface area (Å²) in [6.07, 6.45) is 2.51. The third-order valence-corrected chi connectivity index (χ3v) is 9.97. The number of amides is 4. The second-order valence-electron chi connectivity index (χ2n) is 11.7. The monoisotopic (exact) mass is 584 g/mol. The van der Waals surface area contributed by atoms with Gasteiger partial charge in [-0.05, 0) is 73.7 Å². The van der Waals surface area contributed by atoms with Crippen molar-refractivity contribution in [1.82, 2.24) is 0 Å². The van der Waals surface area contributed by atoms with Gasteiger partial charge >= 0.3 is 0 Å². The standard InChI is InChI=1S/C33H26ClFN2O5/c1-33-24(30(40)37(32(33)42)19-9-14-26(35)25(34)15-19)16-23-21(28(33)17-7-10-20(38)11-8-17)12-13-22-27(23)31(41)36(29(22)39)18-5-3-2-4-6-18/h2-12,14-15,22-24,27-28,38H,13,16H2,1H3/t22-,23+,24-,27-,28-,33+/m0/s1. The first kappa shape index (κ1) is 26.6. The van der Waals surface area contributed by atoms with Gasteiger partial charge in [0.05, 0.1) is 39.6 Å². The fourth-order valence-corrected chi connectivity index (χ4v) is 7.94. The van der Waals surface area contributed by atoms with Gasteiger partial charge in [0.2, 0.25) is 23.6 Å². The first-order valence-corrected chi connectivity index (χ1v) is 14.3. The van der Waals surface area contributed by atoms with Crippen molar-refractivity contribution in [3.05, 3.63) is 101 Å². The number of halogens is 2. The molecular formula is C33H26ClFN2O5. The van der Waals surface area contributed by atoms with Crippen molar-refractivity contribution in [2.75, 3.05) is 9.80 Å². The Balaban J connectivity index is 1.36. The van der Waals surface area contributed by atoms with Crippen molar-refractivity contribution in [2.24, 2.45) is 29.1 Å². The number of carbonyl (C=O) groups is 4. The van der Waals surface area contributed by atoms with Crippen LogP contribution in [0.25, 0.3) is 0 Å². The smallest absolute Gasteiger partial charge is 0.241 e. The molecule has 7 nitrogen and oxygen atoms in total. The molecule has 42 heavy (non-hydrogen) atoms. The number of allylic oxidation sites excluding steroid dienone is 2. The van der Waals surface area contributed by atoms with Gasteiger partial charge in [0.15, 0.2) is 0 Å². The number of aromatic hydroxyl groups is 1. The van der Waals surface area contributed by atoms with Crippen LogP contribution in [-0.2, 0) is 19.2 Å². The molecule has 1 N–H and O–H groups in total. The molecule has 0 spiro atoms. The van der Waals surface area contributed by atoms with E-state index >= 15 is 0 Å². The summed E-state index contributed by atoms with van der Waals surface area (Å²) in [6.45, 7) is 1.77. The summed E-state index contributed by atoms with van der Waals surface area (Å²) in [6, 6.07) is 19.1. The highest BCUT2D eigenvalue weighted by Crippen LogP contribution is 2.63. The second-order valence-corrected chi connectivity index (χ2v) is 12.1. The van der Waals surface area contributed by atoms with Crippen LogP contribution in [0.4, 0.5) is 15.8 Å². The minimum atomic E-state index is -1.24. The number of phenols is 1. The highest BCUT2D eigenvalue weighted by atomic mass is 35.5. The third kappa shape index (κ3) is 3.57. The van der Waals surface area contributed by atoms with Gasteiger partial charge in [-0.1, -0.05) is 53.6 Å². The SMILES string of the molecule is C[C@@]12C(=O)N(c3ccc(F)c(Cl)c3)C(=O)[C@@H]1C[C@@H]1C(=CC[C@@H]3C(=O)N(c4ccccc4)C(=O)[C@@H]31)[C@@H]2c1ccc(O)cc1. The van der Waals surface area contributed by atoms with Gasteiger partial charge in [0.1, 0.15) is 11.6 Å². The van der Waals surface area contributed by atoms with Crippen molar-refractivity contribution < 1.29 is 28.7 Å². The van der Waals surface area contributed by atoms with Crippen LogP contribution in [0.5, 0.6) is 5.75 Å². The van der Waals surface area contributed by atoms with E-state index in [9.17, 15) is 28.7 Å². The minimum absolute atomic E-state index is 0.0528. The maximum atomic E-state index is 14.3. The summed E-state index contributed by atoms with van der Waals surface area (Å²) >= 11 is 6.04. The van der Waals surface area contributed by atoms with E-state index in [2.05, 4.69) is 0 Å². The number of phenolic OH excluding ortho intramolecular Hbond substituents is 1. The molecule has 0 radical (unpaired) electrons. The topological polar surface area (TPSA) is 95.0 Å². The number of para-hydroxylation sites is 1. The van der Waals surface area contributed by atoms with E-state index in [4.69, 9.17) is 11.6 Å². The van der Waals surface area contributed by atoms with E-state index in [1.807, 2.05) is 12.1 Å². The molecule has 3 aromatic carbocycles. The number of nitrogens with zero attached hydrogens (tertiary/aromatic N) is 2. The van der Waals surface area contributed by atoms with E-state index in [0.29, 0.717) is 17.7 Å². The molecule has 0 bridgehead atoms. The normalized spacial score (nSPS) is 30.3. The molecule has 3 aromatic rings. The number of benzene rings is 3. The van der Waals surface area contributed by atoms with Crippen LogP contribution in [-0.4, -0.2) is 28.7 Å². The highest BCUT2D eigenvalue weighted by Gasteiger charge is 2.67. The average molecular weight is 585 g/mol. The van der Waals surface area contributed by atoms with Crippen LogP contribution in [0.1, 0.15) is 31.2 Å². The Kier molecular flexibility index (Phi) is 5.92. The van der Waals surface area contributed by atoms with Crippen LogP contribution >= 0.6 is 11.6 Å². The van der Waals surface area contributed by atoms with E-state index in [1.54, 1.807) is 43.3 Å². The number of anilines is 2. The maximum absolute atomic E-state index is 14.3. The number of rotatable bonds is 3. The third-order valence-electron chi connectivity index (χ3n) is 9.68. The zero-order valence-corrected chi connectivity index (χ0v) is 23.3. The van der Waals surface area contributed by atoms with Gasteiger partial charge in [0, 0.05) is 5.92 Å². The van der Waals surface area contributed by atoms with Gasteiger partial charge in [-0.25, -0.2) is 9.29 Å². The number of hydrogen-bond donors (Lipinski definition) is 1. The van der Waals surface area contributed by atoms with E-state index in [1.165, 1.54) is 29.2 Å². The van der Waals surface area contributed by atoms with Gasteiger partial charge in [-0.15, -0.1) is 0 Å². The van der Waals surface area contributed by atoms with Crippen molar-refractivity contribution in [3.8, 4) is 5.75 Å². The Labute approximate surface area is 246 Å². The van der Waals surface area contributed by atoms with Gasteiger partial charge in [-0.2, -0.15) is 0 Å². The van der Waals surface area contributed by atoms with Crippen molar-refractivity contribution in [3.63, 3.8) is 0 Å². The van der Waals surface area contributed by atoms with Crippen LogP contribution < -0.4 is 9.80 Å². The van der Waals surface area contributed by atoms with Gasteiger partial charge in [-0.3, -0.25) is 24.1 Å². The van der Waals surface area contributed by atoms with Gasteiger partial charge in [0.25, 0.3) is 0 Å². The average Bonchev–Trinajstić information content (AvgIpc) is 3.35. The second kappa shape index (κ2) is 9.36. The molecule has 2 heterocycles. The number of fused-ring (bicyclic) bond motifs is 4. The Morgan fingerprint density at radius 1 is 0.857 bits per heavy atom. The largest absolute Gasteiger partial charge is 0.508 e. The molecule has 0 unspecified atom stereocenters. The number of hydrogen-bond acceptors (Lipinski definition) is 5. The molecule has 6 atom stereocenters. The summed E-state index contributed by atoms with van der Waals surface area (Å²) in [4.78, 5) is 58.4. The summed E-state index contributed by atoms with van der Waals surface area (Å²) in [7, 11) is 0. The molecule has 2 saturated heterocycles. The van der Waals surface area contributed by atoms with E-state index in [0.717, 1.165) is 16.5 Å². The van der Waals surface area contributed by atoms with Crippen LogP contribution in [0.2, 0.25) is 5.02 Å². The summed E-state index contributed by atoms with van der Waals surface area (Å²) in [5.41, 5.74) is 0.997. The zero-order valence-electron chi connectivity index (χ0n) is 22.5. The molecule has 3 fully saturated rings. The van der Waals surface area contributed by atoms with Crippen LogP contribution in [0.3, 0.4) is 0 Å². The molecule has 7 rings (SSSR count). The number of carbonyl (C=O) groups excluding carboxylic acids is 4. The van der Waals surface area contributed by atoms with Crippen molar-refractivity contribution >= 4 is 46.6 Å². The lowest BCUT2D eigenvalue weighted by Crippen LogP contribution is -2.48. The van der Waals surface area contributed by atoms with Crippen LogP contribution in [0.15, 0.2) is 84.4 Å². The quantitative estimate of drug-likeness (QED) is 0.318. The maximum Gasteiger partial charge on any atom is 0.241 e. The summed E-state index contributed by atoms with van der Waals surface area (Å²) < 4.78 is 14.0. The first-order chi connectivity index (χ1) is 20.1.